The van der Waals surface area contributed by atoms with Crippen LogP contribution in [0.2, 0.25) is 0 Å². The number of carboxylic acids is 1. The van der Waals surface area contributed by atoms with Crippen molar-refractivity contribution in [1.82, 2.24) is 4.98 Å². The number of hydrogen-bond donors (Lipinski definition) is 3. The third-order valence-corrected chi connectivity index (χ3v) is 3.36. The van der Waals surface area contributed by atoms with Crippen LogP contribution in [0.25, 0.3) is 10.9 Å². The number of benzene rings is 2. The maximum atomic E-state index is 12.3. The summed E-state index contributed by atoms with van der Waals surface area (Å²) in [6.45, 7) is 0. The summed E-state index contributed by atoms with van der Waals surface area (Å²) in [7, 11) is 0. The minimum Gasteiger partial charge on any atom is -0.481 e. The molecule has 1 amide bonds. The molecule has 22 heavy (non-hydrogen) atoms. The molecule has 0 aliphatic heterocycles. The number of hydrogen-bond acceptors (Lipinski definition) is 2. The maximum Gasteiger partial charge on any atom is 0.307 e. The molecule has 0 bridgehead atoms. The summed E-state index contributed by atoms with van der Waals surface area (Å²) in [5, 5.41) is 12.6. The number of aliphatic carboxylic acids is 1. The van der Waals surface area contributed by atoms with Crippen molar-refractivity contribution in [2.45, 2.75) is 6.42 Å². The molecule has 0 aliphatic carbocycles. The van der Waals surface area contributed by atoms with E-state index in [1.54, 1.807) is 36.4 Å². The maximum absolute atomic E-state index is 12.3. The van der Waals surface area contributed by atoms with E-state index in [1.165, 1.54) is 0 Å². The first kappa shape index (κ1) is 13.9. The van der Waals surface area contributed by atoms with Gasteiger partial charge in [0.05, 0.1) is 6.42 Å². The van der Waals surface area contributed by atoms with E-state index in [-0.39, 0.29) is 12.3 Å². The van der Waals surface area contributed by atoms with Crippen LogP contribution < -0.4 is 5.32 Å². The summed E-state index contributed by atoms with van der Waals surface area (Å²) in [5.41, 5.74) is 2.66. The number of aromatic amines is 1. The highest BCUT2D eigenvalue weighted by atomic mass is 16.4. The number of carbonyl (C=O) groups is 2. The molecule has 1 heterocycles. The van der Waals surface area contributed by atoms with Crippen molar-refractivity contribution >= 4 is 28.5 Å². The van der Waals surface area contributed by atoms with Gasteiger partial charge in [-0.2, -0.15) is 0 Å². The topological polar surface area (TPSA) is 82.2 Å². The smallest absolute Gasteiger partial charge is 0.307 e. The van der Waals surface area contributed by atoms with Crippen LogP contribution in [0.3, 0.4) is 0 Å². The molecular formula is C17H14N2O3. The second kappa shape index (κ2) is 5.73. The second-order valence-electron chi connectivity index (χ2n) is 5.00. The third-order valence-electron chi connectivity index (χ3n) is 3.36. The summed E-state index contributed by atoms with van der Waals surface area (Å²) in [4.78, 5) is 26.1. The number of rotatable bonds is 4. The second-order valence-corrected chi connectivity index (χ2v) is 5.00. The molecule has 0 unspecified atom stereocenters. The Morgan fingerprint density at radius 2 is 1.95 bits per heavy atom. The standard InChI is InChI=1S/C17H14N2O3/c20-16(21)9-11-2-1-3-14(8-11)19-17(22)13-5-4-12-6-7-18-15(12)10-13/h1-8,10,18H,9H2,(H,19,22)(H,20,21). The highest BCUT2D eigenvalue weighted by molar-refractivity contribution is 6.06. The number of aromatic nitrogens is 1. The van der Waals surface area contributed by atoms with Gasteiger partial charge in [0.25, 0.3) is 5.91 Å². The Labute approximate surface area is 126 Å². The zero-order valence-corrected chi connectivity index (χ0v) is 11.7. The summed E-state index contributed by atoms with van der Waals surface area (Å²) in [6.07, 6.45) is 1.75. The molecule has 3 aromatic rings. The van der Waals surface area contributed by atoms with Gasteiger partial charge < -0.3 is 15.4 Å². The molecule has 0 fully saturated rings. The van der Waals surface area contributed by atoms with E-state index in [9.17, 15) is 9.59 Å². The average molecular weight is 294 g/mol. The van der Waals surface area contributed by atoms with Crippen molar-refractivity contribution in [3.05, 3.63) is 65.9 Å². The van der Waals surface area contributed by atoms with Crippen LogP contribution >= 0.6 is 0 Å². The van der Waals surface area contributed by atoms with E-state index >= 15 is 0 Å². The predicted molar refractivity (Wildman–Crippen MR) is 84.0 cm³/mol. The lowest BCUT2D eigenvalue weighted by Gasteiger charge is -2.07. The van der Waals surface area contributed by atoms with Crippen molar-refractivity contribution in [2.75, 3.05) is 5.32 Å². The Kier molecular flexibility index (Phi) is 3.62. The molecule has 110 valence electrons. The van der Waals surface area contributed by atoms with E-state index in [1.807, 2.05) is 18.3 Å². The summed E-state index contributed by atoms with van der Waals surface area (Å²) >= 11 is 0. The van der Waals surface area contributed by atoms with Crippen LogP contribution in [-0.4, -0.2) is 22.0 Å². The summed E-state index contributed by atoms with van der Waals surface area (Å²) < 4.78 is 0. The molecule has 3 rings (SSSR count). The quantitative estimate of drug-likeness (QED) is 0.691. The van der Waals surface area contributed by atoms with E-state index in [0.717, 1.165) is 10.9 Å². The lowest BCUT2D eigenvalue weighted by Crippen LogP contribution is -2.12. The number of amides is 1. The molecule has 3 N–H and O–H groups in total. The number of carboxylic acid groups (broad SMARTS) is 1. The fraction of sp³-hybridized carbons (Fsp3) is 0.0588. The first-order valence-electron chi connectivity index (χ1n) is 6.81. The van der Waals surface area contributed by atoms with E-state index < -0.39 is 5.97 Å². The minimum absolute atomic E-state index is 0.0713. The molecule has 0 atom stereocenters. The monoisotopic (exact) mass is 294 g/mol. The lowest BCUT2D eigenvalue weighted by atomic mass is 10.1. The fourth-order valence-corrected chi connectivity index (χ4v) is 2.33. The van der Waals surface area contributed by atoms with Gasteiger partial charge in [-0.15, -0.1) is 0 Å². The number of H-pyrrole nitrogens is 1. The van der Waals surface area contributed by atoms with Gasteiger partial charge in [0.15, 0.2) is 0 Å². The Balaban J connectivity index is 1.79. The highest BCUT2D eigenvalue weighted by Gasteiger charge is 2.08. The molecule has 0 spiro atoms. The van der Waals surface area contributed by atoms with Crippen molar-refractivity contribution in [3.63, 3.8) is 0 Å². The fourth-order valence-electron chi connectivity index (χ4n) is 2.33. The Morgan fingerprint density at radius 1 is 1.09 bits per heavy atom. The van der Waals surface area contributed by atoms with Gasteiger partial charge in [-0.1, -0.05) is 18.2 Å². The summed E-state index contributed by atoms with van der Waals surface area (Å²) in [5.74, 6) is -1.13. The van der Waals surface area contributed by atoms with Crippen LogP contribution in [-0.2, 0) is 11.2 Å². The zero-order valence-electron chi connectivity index (χ0n) is 11.7. The molecule has 2 aromatic carbocycles. The van der Waals surface area contributed by atoms with Crippen LogP contribution in [0, 0.1) is 0 Å². The number of fused-ring (bicyclic) bond motifs is 1. The van der Waals surface area contributed by atoms with Crippen molar-refractivity contribution < 1.29 is 14.7 Å². The molecule has 0 radical (unpaired) electrons. The van der Waals surface area contributed by atoms with Gasteiger partial charge in [-0.25, -0.2) is 0 Å². The average Bonchev–Trinajstić information content (AvgIpc) is 2.94. The van der Waals surface area contributed by atoms with Gasteiger partial charge in [0.2, 0.25) is 0 Å². The van der Waals surface area contributed by atoms with Crippen LogP contribution in [0.4, 0.5) is 5.69 Å². The number of nitrogens with one attached hydrogen (secondary N) is 2. The highest BCUT2D eigenvalue weighted by Crippen LogP contribution is 2.17. The van der Waals surface area contributed by atoms with Gasteiger partial charge in [-0.3, -0.25) is 9.59 Å². The van der Waals surface area contributed by atoms with Crippen molar-refractivity contribution in [2.24, 2.45) is 0 Å². The van der Waals surface area contributed by atoms with Gasteiger partial charge in [-0.05, 0) is 41.3 Å². The van der Waals surface area contributed by atoms with Crippen molar-refractivity contribution in [3.8, 4) is 0 Å². The normalized spacial score (nSPS) is 10.5. The first-order valence-corrected chi connectivity index (χ1v) is 6.81. The van der Waals surface area contributed by atoms with Gasteiger partial charge in [0, 0.05) is 23.0 Å². The molecular weight excluding hydrogens is 280 g/mol. The lowest BCUT2D eigenvalue weighted by molar-refractivity contribution is -0.136. The largest absolute Gasteiger partial charge is 0.481 e. The SMILES string of the molecule is O=C(O)Cc1cccc(NC(=O)c2ccc3cc[nH]c3c2)c1. The predicted octanol–water partition coefficient (Wildman–Crippen LogP) is 3.05. The van der Waals surface area contributed by atoms with Crippen LogP contribution in [0.1, 0.15) is 15.9 Å². The molecule has 0 saturated carbocycles. The van der Waals surface area contributed by atoms with Crippen LogP contribution in [0.5, 0.6) is 0 Å². The number of carbonyl (C=O) groups excluding carboxylic acids is 1. The van der Waals surface area contributed by atoms with Gasteiger partial charge >= 0.3 is 5.97 Å². The van der Waals surface area contributed by atoms with E-state index in [0.29, 0.717) is 16.8 Å². The molecule has 0 saturated heterocycles. The summed E-state index contributed by atoms with van der Waals surface area (Å²) in [6, 6.07) is 14.2. The molecule has 5 heteroatoms. The third kappa shape index (κ3) is 2.98. The Morgan fingerprint density at radius 3 is 2.77 bits per heavy atom. The van der Waals surface area contributed by atoms with Gasteiger partial charge in [0.1, 0.15) is 0 Å². The molecule has 0 aliphatic rings. The Bertz CT molecular complexity index is 852. The van der Waals surface area contributed by atoms with Crippen LogP contribution in [0.15, 0.2) is 54.7 Å². The van der Waals surface area contributed by atoms with E-state index in [2.05, 4.69) is 10.3 Å². The minimum atomic E-state index is -0.902. The first-order chi connectivity index (χ1) is 10.6. The van der Waals surface area contributed by atoms with E-state index in [4.69, 9.17) is 5.11 Å². The molecule has 5 nitrogen and oxygen atoms in total. The molecule has 1 aromatic heterocycles. The number of anilines is 1. The Hall–Kier alpha value is -3.08. The van der Waals surface area contributed by atoms with Crippen molar-refractivity contribution in [1.29, 1.82) is 0 Å². The zero-order chi connectivity index (χ0) is 15.5.